The van der Waals surface area contributed by atoms with E-state index in [1.807, 2.05) is 0 Å². The van der Waals surface area contributed by atoms with E-state index in [1.165, 1.54) is 0 Å². The summed E-state index contributed by atoms with van der Waals surface area (Å²) < 4.78 is 0. The van der Waals surface area contributed by atoms with Gasteiger partial charge in [-0.15, -0.1) is 0 Å². The average Bonchev–Trinajstić information content (AvgIpc) is 1.61. The smallest absolute Gasteiger partial charge is 0.0512 e. The molecule has 0 saturated carbocycles. The molecule has 0 aromatic carbocycles. The third-order valence-electron chi connectivity index (χ3n) is 0.872. The molecule has 0 unspecified atom stereocenters. The largest absolute Gasteiger partial charge is 0.393 e. The lowest BCUT2D eigenvalue weighted by Gasteiger charge is -1.98. The van der Waals surface area contributed by atoms with Gasteiger partial charge in [0.1, 0.15) is 0 Å². The van der Waals surface area contributed by atoms with Crippen molar-refractivity contribution in [3.63, 3.8) is 0 Å². The second-order valence-corrected chi connectivity index (χ2v) is 1.84. The van der Waals surface area contributed by atoms with Gasteiger partial charge in [0.25, 0.3) is 0 Å². The van der Waals surface area contributed by atoms with Gasteiger partial charge >= 0.3 is 0 Å². The van der Waals surface area contributed by atoms with Crippen molar-refractivity contribution >= 4 is 0 Å². The molecule has 0 fully saturated rings. The van der Waals surface area contributed by atoms with E-state index in [-0.39, 0.29) is 6.10 Å². The van der Waals surface area contributed by atoms with Crippen LogP contribution in [0.1, 0.15) is 26.2 Å². The highest BCUT2D eigenvalue weighted by atomic mass is 16.3. The highest BCUT2D eigenvalue weighted by molar-refractivity contribution is 4.47. The normalized spacial score (nSPS) is 14.1. The Balaban J connectivity index is 2.68. The van der Waals surface area contributed by atoms with Crippen molar-refractivity contribution in [2.45, 2.75) is 32.3 Å². The summed E-state index contributed by atoms with van der Waals surface area (Å²) in [4.78, 5) is 0. The molecule has 0 spiro atoms. The van der Waals surface area contributed by atoms with Crippen LogP contribution in [0.4, 0.5) is 0 Å². The third-order valence-corrected chi connectivity index (χ3v) is 0.872. The van der Waals surface area contributed by atoms with Crippen LogP contribution < -0.4 is 0 Å². The highest BCUT2D eigenvalue weighted by Gasteiger charge is 1.90. The lowest BCUT2D eigenvalue weighted by Crippen LogP contribution is -1.97. The van der Waals surface area contributed by atoms with Crippen molar-refractivity contribution in [2.24, 2.45) is 0 Å². The second kappa shape index (κ2) is 4.13. The average molecular weight is 101 g/mol. The Bertz CT molecular complexity index is 33.2. The summed E-state index contributed by atoms with van der Waals surface area (Å²) in [6.45, 7) is 5.45. The minimum Gasteiger partial charge on any atom is -0.393 e. The zero-order chi connectivity index (χ0) is 5.70. The van der Waals surface area contributed by atoms with Gasteiger partial charge in [0.05, 0.1) is 6.10 Å². The van der Waals surface area contributed by atoms with E-state index >= 15 is 0 Å². The molecule has 0 aliphatic rings. The molecule has 7 heavy (non-hydrogen) atoms. The fraction of sp³-hybridized carbons (Fsp3) is 0.833. The molecular weight excluding hydrogens is 88.1 g/mol. The Morgan fingerprint density at radius 2 is 2.29 bits per heavy atom. The Morgan fingerprint density at radius 1 is 1.71 bits per heavy atom. The maximum atomic E-state index is 8.66. The molecule has 1 heteroatoms. The molecule has 1 N–H and O–H groups in total. The van der Waals surface area contributed by atoms with Crippen LogP contribution in [0.2, 0.25) is 0 Å². The number of aliphatic hydroxyl groups is 1. The summed E-state index contributed by atoms with van der Waals surface area (Å²) in [6.07, 6.45) is 2.73. The summed E-state index contributed by atoms with van der Waals surface area (Å²) >= 11 is 0. The van der Waals surface area contributed by atoms with Crippen molar-refractivity contribution in [3.05, 3.63) is 6.92 Å². The predicted molar refractivity (Wildman–Crippen MR) is 30.9 cm³/mol. The van der Waals surface area contributed by atoms with E-state index in [0.717, 1.165) is 19.3 Å². The van der Waals surface area contributed by atoms with E-state index in [4.69, 9.17) is 5.11 Å². The van der Waals surface area contributed by atoms with E-state index in [9.17, 15) is 0 Å². The van der Waals surface area contributed by atoms with Crippen LogP contribution in [0, 0.1) is 6.92 Å². The zero-order valence-corrected chi connectivity index (χ0v) is 4.85. The lowest BCUT2D eigenvalue weighted by atomic mass is 10.2. The Labute approximate surface area is 45.4 Å². The Hall–Kier alpha value is -0.0400. The first-order valence-corrected chi connectivity index (χ1v) is 2.74. The van der Waals surface area contributed by atoms with E-state index in [2.05, 4.69) is 6.92 Å². The van der Waals surface area contributed by atoms with Crippen molar-refractivity contribution in [3.8, 4) is 0 Å². The van der Waals surface area contributed by atoms with E-state index in [0.29, 0.717) is 0 Å². The first-order chi connectivity index (χ1) is 3.27. The van der Waals surface area contributed by atoms with Crippen LogP contribution in [0.25, 0.3) is 0 Å². The molecule has 43 valence electrons. The maximum absolute atomic E-state index is 8.66. The number of rotatable bonds is 3. The fourth-order valence-corrected chi connectivity index (χ4v) is 0.440. The van der Waals surface area contributed by atoms with E-state index < -0.39 is 0 Å². The van der Waals surface area contributed by atoms with Gasteiger partial charge in [-0.2, -0.15) is 0 Å². The molecule has 0 bridgehead atoms. The molecule has 1 radical (unpaired) electrons. The third kappa shape index (κ3) is 5.96. The van der Waals surface area contributed by atoms with Crippen molar-refractivity contribution < 1.29 is 5.11 Å². The topological polar surface area (TPSA) is 20.2 Å². The Kier molecular flexibility index (Phi) is 4.10. The molecular formula is C6H13O. The lowest BCUT2D eigenvalue weighted by molar-refractivity contribution is 0.182. The molecule has 0 amide bonds. The quantitative estimate of drug-likeness (QED) is 0.569. The molecule has 0 aromatic rings. The second-order valence-electron chi connectivity index (χ2n) is 1.84. The van der Waals surface area contributed by atoms with E-state index in [1.54, 1.807) is 6.92 Å². The molecule has 0 aliphatic carbocycles. The molecule has 1 atom stereocenters. The van der Waals surface area contributed by atoms with Crippen LogP contribution in [-0.4, -0.2) is 11.2 Å². The van der Waals surface area contributed by atoms with Crippen LogP contribution in [0.3, 0.4) is 0 Å². The van der Waals surface area contributed by atoms with Crippen LogP contribution in [0.15, 0.2) is 0 Å². The molecule has 1 nitrogen and oxygen atoms in total. The summed E-state index contributed by atoms with van der Waals surface area (Å²) in [5.41, 5.74) is 0. The number of unbranched alkanes of at least 4 members (excludes halogenated alkanes) is 1. The monoisotopic (exact) mass is 101 g/mol. The number of aliphatic hydroxyl groups excluding tert-OH is 1. The summed E-state index contributed by atoms with van der Waals surface area (Å²) in [6, 6.07) is 0. The molecule has 0 aliphatic heterocycles. The minimum absolute atomic E-state index is 0.137. The Morgan fingerprint density at radius 3 is 2.43 bits per heavy atom. The van der Waals surface area contributed by atoms with Crippen molar-refractivity contribution in [1.29, 1.82) is 0 Å². The zero-order valence-electron chi connectivity index (χ0n) is 4.85. The molecule has 0 rings (SSSR count). The van der Waals surface area contributed by atoms with Gasteiger partial charge in [-0.3, -0.25) is 0 Å². The molecule has 0 heterocycles. The fourth-order valence-electron chi connectivity index (χ4n) is 0.440. The summed E-state index contributed by atoms with van der Waals surface area (Å²) in [7, 11) is 0. The van der Waals surface area contributed by atoms with Gasteiger partial charge in [0.2, 0.25) is 0 Å². The SMILES string of the molecule is [CH2]CCC[C@@H](C)O. The number of hydrogen-bond acceptors (Lipinski definition) is 1. The van der Waals surface area contributed by atoms with Gasteiger partial charge in [0.15, 0.2) is 0 Å². The van der Waals surface area contributed by atoms with Crippen molar-refractivity contribution in [2.75, 3.05) is 0 Å². The van der Waals surface area contributed by atoms with Crippen molar-refractivity contribution in [1.82, 2.24) is 0 Å². The summed E-state index contributed by atoms with van der Waals surface area (Å²) in [5, 5.41) is 8.66. The van der Waals surface area contributed by atoms with Gasteiger partial charge in [-0.25, -0.2) is 0 Å². The van der Waals surface area contributed by atoms with Gasteiger partial charge in [0, 0.05) is 0 Å². The predicted octanol–water partition coefficient (Wildman–Crippen LogP) is 1.37. The van der Waals surface area contributed by atoms with Gasteiger partial charge < -0.3 is 5.11 Å². The first-order valence-electron chi connectivity index (χ1n) is 2.74. The van der Waals surface area contributed by atoms with Crippen LogP contribution >= 0.6 is 0 Å². The van der Waals surface area contributed by atoms with Gasteiger partial charge in [-0.05, 0) is 13.3 Å². The van der Waals surface area contributed by atoms with Crippen LogP contribution in [0.5, 0.6) is 0 Å². The van der Waals surface area contributed by atoms with Gasteiger partial charge in [-0.1, -0.05) is 19.8 Å². The molecule has 0 aromatic heterocycles. The maximum Gasteiger partial charge on any atom is 0.0512 e. The number of hydrogen-bond donors (Lipinski definition) is 1. The standard InChI is InChI=1S/C6H13O/c1-3-4-5-6(2)7/h6-7H,1,3-5H2,2H3/t6-/m1/s1. The van der Waals surface area contributed by atoms with Crippen LogP contribution in [-0.2, 0) is 0 Å². The molecule has 0 saturated heterocycles. The highest BCUT2D eigenvalue weighted by Crippen LogP contribution is 1.96. The summed E-state index contributed by atoms with van der Waals surface area (Å²) in [5.74, 6) is 0. The first kappa shape index (κ1) is 6.96. The minimum atomic E-state index is -0.137.